The highest BCUT2D eigenvalue weighted by atomic mass is 79.9. The Morgan fingerprint density at radius 3 is 2.63 bits per heavy atom. The Labute approximate surface area is 123 Å². The first-order chi connectivity index (χ1) is 9.00. The minimum Gasteiger partial charge on any atom is -0.319 e. The summed E-state index contributed by atoms with van der Waals surface area (Å²) >= 11 is 9.28. The minimum atomic E-state index is -0.473. The first-order valence-corrected chi connectivity index (χ1v) is 6.68. The molecule has 0 aliphatic heterocycles. The molecule has 0 aliphatic carbocycles. The number of aryl methyl sites for hydroxylation is 1. The van der Waals surface area contributed by atoms with Gasteiger partial charge in [0.1, 0.15) is 5.82 Å². The van der Waals surface area contributed by atoms with Crippen molar-refractivity contribution in [2.45, 2.75) is 6.92 Å². The number of amides is 1. The van der Waals surface area contributed by atoms with Crippen LogP contribution in [0.2, 0.25) is 5.02 Å². The first-order valence-electron chi connectivity index (χ1n) is 5.51. The van der Waals surface area contributed by atoms with Crippen LogP contribution in [0.15, 0.2) is 40.9 Å². The van der Waals surface area contributed by atoms with Crippen LogP contribution in [0.4, 0.5) is 10.1 Å². The molecule has 0 bridgehead atoms. The Hall–Kier alpha value is -1.39. The quantitative estimate of drug-likeness (QED) is 0.834. The van der Waals surface area contributed by atoms with E-state index in [0.717, 1.165) is 0 Å². The van der Waals surface area contributed by atoms with E-state index in [-0.39, 0.29) is 5.69 Å². The van der Waals surface area contributed by atoms with Crippen molar-refractivity contribution >= 4 is 39.1 Å². The summed E-state index contributed by atoms with van der Waals surface area (Å²) in [6.07, 6.45) is 0. The SMILES string of the molecule is Cc1cccc(F)c1NC(=O)c1cccc(Br)c1Cl. The Balaban J connectivity index is 2.34. The second-order valence-electron chi connectivity index (χ2n) is 3.99. The van der Waals surface area contributed by atoms with Gasteiger partial charge in [-0.2, -0.15) is 0 Å². The van der Waals surface area contributed by atoms with Gasteiger partial charge in [-0.3, -0.25) is 4.79 Å². The number of rotatable bonds is 2. The zero-order valence-corrected chi connectivity index (χ0v) is 12.3. The molecule has 1 N–H and O–H groups in total. The molecule has 0 saturated heterocycles. The number of carbonyl (C=O) groups is 1. The molecule has 0 heterocycles. The van der Waals surface area contributed by atoms with Crippen molar-refractivity contribution in [2.75, 3.05) is 5.32 Å². The summed E-state index contributed by atoms with van der Waals surface area (Å²) in [5, 5.41) is 2.84. The van der Waals surface area contributed by atoms with Crippen LogP contribution in [0, 0.1) is 12.7 Å². The van der Waals surface area contributed by atoms with Crippen molar-refractivity contribution < 1.29 is 9.18 Å². The molecular formula is C14H10BrClFNO. The normalized spacial score (nSPS) is 10.3. The molecule has 0 saturated carbocycles. The number of anilines is 1. The van der Waals surface area contributed by atoms with Crippen molar-refractivity contribution in [1.29, 1.82) is 0 Å². The second kappa shape index (κ2) is 5.72. The lowest BCUT2D eigenvalue weighted by atomic mass is 10.1. The molecule has 0 spiro atoms. The molecule has 2 rings (SSSR count). The van der Waals surface area contributed by atoms with Gasteiger partial charge in [-0.05, 0) is 46.6 Å². The number of para-hydroxylation sites is 1. The molecule has 2 aromatic rings. The predicted molar refractivity (Wildman–Crippen MR) is 78.2 cm³/mol. The van der Waals surface area contributed by atoms with Gasteiger partial charge in [-0.25, -0.2) is 4.39 Å². The molecule has 0 radical (unpaired) electrons. The number of hydrogen-bond donors (Lipinski definition) is 1. The van der Waals surface area contributed by atoms with E-state index in [1.54, 1.807) is 37.3 Å². The monoisotopic (exact) mass is 341 g/mol. The average molecular weight is 343 g/mol. The molecule has 1 amide bonds. The van der Waals surface area contributed by atoms with Crippen molar-refractivity contribution in [1.82, 2.24) is 0 Å². The van der Waals surface area contributed by atoms with Gasteiger partial charge in [0, 0.05) is 4.47 Å². The van der Waals surface area contributed by atoms with Crippen LogP contribution in [-0.2, 0) is 0 Å². The zero-order valence-electron chi connectivity index (χ0n) is 10.0. The van der Waals surface area contributed by atoms with Gasteiger partial charge in [0.15, 0.2) is 0 Å². The van der Waals surface area contributed by atoms with Crippen molar-refractivity contribution in [3.8, 4) is 0 Å². The van der Waals surface area contributed by atoms with Crippen LogP contribution in [0.3, 0.4) is 0 Å². The van der Waals surface area contributed by atoms with Gasteiger partial charge in [0.05, 0.1) is 16.3 Å². The van der Waals surface area contributed by atoms with Gasteiger partial charge in [0.25, 0.3) is 5.91 Å². The van der Waals surface area contributed by atoms with E-state index in [4.69, 9.17) is 11.6 Å². The summed E-state index contributed by atoms with van der Waals surface area (Å²) in [5.74, 6) is -0.918. The summed E-state index contributed by atoms with van der Waals surface area (Å²) in [7, 11) is 0. The maximum absolute atomic E-state index is 13.6. The highest BCUT2D eigenvalue weighted by Gasteiger charge is 2.15. The Morgan fingerprint density at radius 1 is 1.26 bits per heavy atom. The third-order valence-corrected chi connectivity index (χ3v) is 3.95. The van der Waals surface area contributed by atoms with E-state index in [0.29, 0.717) is 20.6 Å². The molecule has 0 fully saturated rings. The van der Waals surface area contributed by atoms with Gasteiger partial charge in [0.2, 0.25) is 0 Å². The lowest BCUT2D eigenvalue weighted by Gasteiger charge is -2.10. The molecule has 0 unspecified atom stereocenters. The number of nitrogens with one attached hydrogen (secondary N) is 1. The second-order valence-corrected chi connectivity index (χ2v) is 5.22. The van der Waals surface area contributed by atoms with Gasteiger partial charge in [-0.15, -0.1) is 0 Å². The maximum atomic E-state index is 13.6. The summed E-state index contributed by atoms with van der Waals surface area (Å²) in [4.78, 5) is 12.1. The summed E-state index contributed by atoms with van der Waals surface area (Å²) < 4.78 is 14.3. The summed E-state index contributed by atoms with van der Waals surface area (Å²) in [6.45, 7) is 1.72. The summed E-state index contributed by atoms with van der Waals surface area (Å²) in [5.41, 5.74) is 1.11. The standard InChI is InChI=1S/C14H10BrClFNO/c1-8-4-2-7-11(17)13(8)18-14(19)9-5-3-6-10(15)12(9)16/h2-7H,1H3,(H,18,19). The number of benzene rings is 2. The van der Waals surface area contributed by atoms with Gasteiger partial charge < -0.3 is 5.32 Å². The van der Waals surface area contributed by atoms with E-state index in [9.17, 15) is 9.18 Å². The van der Waals surface area contributed by atoms with E-state index >= 15 is 0 Å². The van der Waals surface area contributed by atoms with Crippen LogP contribution in [-0.4, -0.2) is 5.91 Å². The van der Waals surface area contributed by atoms with E-state index in [1.807, 2.05) is 0 Å². The van der Waals surface area contributed by atoms with E-state index in [2.05, 4.69) is 21.2 Å². The van der Waals surface area contributed by atoms with Crippen molar-refractivity contribution in [3.63, 3.8) is 0 Å². The van der Waals surface area contributed by atoms with Gasteiger partial charge >= 0.3 is 0 Å². The number of hydrogen-bond acceptors (Lipinski definition) is 1. The number of halogens is 3. The molecule has 98 valence electrons. The van der Waals surface area contributed by atoms with E-state index < -0.39 is 11.7 Å². The highest BCUT2D eigenvalue weighted by molar-refractivity contribution is 9.10. The Kier molecular flexibility index (Phi) is 4.22. The minimum absolute atomic E-state index is 0.170. The van der Waals surface area contributed by atoms with Crippen LogP contribution >= 0.6 is 27.5 Å². The smallest absolute Gasteiger partial charge is 0.257 e. The fraction of sp³-hybridized carbons (Fsp3) is 0.0714. The number of carbonyl (C=O) groups excluding carboxylic acids is 1. The molecule has 0 aliphatic rings. The van der Waals surface area contributed by atoms with Crippen LogP contribution in [0.1, 0.15) is 15.9 Å². The molecule has 2 aromatic carbocycles. The summed E-state index contributed by atoms with van der Waals surface area (Å²) in [6, 6.07) is 9.61. The van der Waals surface area contributed by atoms with Crippen molar-refractivity contribution in [2.24, 2.45) is 0 Å². The molecular weight excluding hydrogens is 333 g/mol. The Morgan fingerprint density at radius 2 is 1.95 bits per heavy atom. The molecule has 5 heteroatoms. The van der Waals surface area contributed by atoms with Crippen LogP contribution in [0.25, 0.3) is 0 Å². The molecule has 0 aromatic heterocycles. The highest BCUT2D eigenvalue weighted by Crippen LogP contribution is 2.27. The van der Waals surface area contributed by atoms with Gasteiger partial charge in [-0.1, -0.05) is 29.8 Å². The maximum Gasteiger partial charge on any atom is 0.257 e. The lowest BCUT2D eigenvalue weighted by Crippen LogP contribution is -2.14. The molecule has 0 atom stereocenters. The fourth-order valence-corrected chi connectivity index (χ4v) is 2.23. The fourth-order valence-electron chi connectivity index (χ4n) is 1.65. The van der Waals surface area contributed by atoms with E-state index in [1.165, 1.54) is 6.07 Å². The van der Waals surface area contributed by atoms with Crippen molar-refractivity contribution in [3.05, 3.63) is 62.8 Å². The largest absolute Gasteiger partial charge is 0.319 e. The van der Waals surface area contributed by atoms with Crippen LogP contribution < -0.4 is 5.32 Å². The topological polar surface area (TPSA) is 29.1 Å². The molecule has 19 heavy (non-hydrogen) atoms. The van der Waals surface area contributed by atoms with Crippen LogP contribution in [0.5, 0.6) is 0 Å². The first kappa shape index (κ1) is 14.0. The lowest BCUT2D eigenvalue weighted by molar-refractivity contribution is 0.102. The predicted octanol–water partition coefficient (Wildman–Crippen LogP) is 4.80. The zero-order chi connectivity index (χ0) is 14.0. The molecule has 2 nitrogen and oxygen atoms in total. The Bertz CT molecular complexity index is 625. The third-order valence-electron chi connectivity index (χ3n) is 2.66. The third kappa shape index (κ3) is 2.96. The average Bonchev–Trinajstić information content (AvgIpc) is 2.37.